The molecule has 0 spiro atoms. The molecule has 1 aromatic heterocycles. The van der Waals surface area contributed by atoms with Crippen molar-refractivity contribution < 1.29 is 13.5 Å². The summed E-state index contributed by atoms with van der Waals surface area (Å²) >= 11 is 0. The van der Waals surface area contributed by atoms with Gasteiger partial charge in [0, 0.05) is 18.7 Å². The van der Waals surface area contributed by atoms with Gasteiger partial charge < -0.3 is 9.15 Å². The predicted molar refractivity (Wildman–Crippen MR) is 101 cm³/mol. The summed E-state index contributed by atoms with van der Waals surface area (Å²) in [5, 5.41) is 0. The fraction of sp³-hybridized carbons (Fsp3) is 0.318. The molecule has 1 saturated heterocycles. The van der Waals surface area contributed by atoms with E-state index in [9.17, 15) is 4.39 Å². The molecule has 27 heavy (non-hydrogen) atoms. The van der Waals surface area contributed by atoms with Gasteiger partial charge in [0.1, 0.15) is 5.82 Å². The molecule has 0 bridgehead atoms. The van der Waals surface area contributed by atoms with E-state index in [1.165, 1.54) is 17.7 Å². The second-order valence-corrected chi connectivity index (χ2v) is 6.90. The van der Waals surface area contributed by atoms with Crippen molar-refractivity contribution in [3.63, 3.8) is 0 Å². The number of hydrogen-bond acceptors (Lipinski definition) is 4. The van der Waals surface area contributed by atoms with E-state index in [4.69, 9.17) is 9.15 Å². The number of ether oxygens (including phenoxy) is 1. The average Bonchev–Trinajstić information content (AvgIpc) is 3.17. The van der Waals surface area contributed by atoms with Crippen LogP contribution in [0.4, 0.5) is 4.39 Å². The van der Waals surface area contributed by atoms with Crippen LogP contribution in [0.15, 0.2) is 65.2 Å². The molecule has 0 radical (unpaired) electrons. The Hall–Kier alpha value is -2.50. The van der Waals surface area contributed by atoms with Gasteiger partial charge in [0.25, 0.3) is 0 Å². The fourth-order valence-corrected chi connectivity index (χ4v) is 3.37. The average molecular weight is 366 g/mol. The molecule has 2 aromatic carbocycles. The van der Waals surface area contributed by atoms with Crippen LogP contribution in [0, 0.1) is 5.82 Å². The third-order valence-corrected chi connectivity index (χ3v) is 4.88. The first-order valence-electron chi connectivity index (χ1n) is 9.35. The smallest absolute Gasteiger partial charge is 0.209 e. The largest absolute Gasteiger partial charge is 0.439 e. The number of nitrogens with zero attached hydrogens (tertiary/aromatic N) is 2. The van der Waals surface area contributed by atoms with Gasteiger partial charge in [0.05, 0.1) is 25.5 Å². The number of benzene rings is 2. The first-order chi connectivity index (χ1) is 13.3. The highest BCUT2D eigenvalue weighted by Crippen LogP contribution is 2.23. The minimum absolute atomic E-state index is 0.275. The topological polar surface area (TPSA) is 38.5 Å². The number of rotatable bonds is 6. The Balaban J connectivity index is 1.26. The first kappa shape index (κ1) is 17.9. The molecule has 4 nitrogen and oxygen atoms in total. The van der Waals surface area contributed by atoms with Crippen molar-refractivity contribution in [2.75, 3.05) is 13.1 Å². The molecule has 0 atom stereocenters. The normalized spacial score (nSPS) is 15.9. The number of oxazole rings is 1. The summed E-state index contributed by atoms with van der Waals surface area (Å²) in [6, 6.07) is 16.7. The zero-order valence-electron chi connectivity index (χ0n) is 15.2. The number of piperidine rings is 1. The lowest BCUT2D eigenvalue weighted by molar-refractivity contribution is -0.00525. The molecule has 1 aliphatic rings. The van der Waals surface area contributed by atoms with Crippen molar-refractivity contribution >= 4 is 0 Å². The van der Waals surface area contributed by atoms with E-state index in [-0.39, 0.29) is 5.82 Å². The van der Waals surface area contributed by atoms with Crippen LogP contribution in [0.5, 0.6) is 0 Å². The van der Waals surface area contributed by atoms with E-state index in [1.54, 1.807) is 12.3 Å². The number of aromatic nitrogens is 1. The maximum atomic E-state index is 13.4. The maximum absolute atomic E-state index is 13.4. The highest BCUT2D eigenvalue weighted by Gasteiger charge is 2.21. The van der Waals surface area contributed by atoms with Crippen LogP contribution in [0.2, 0.25) is 0 Å². The molecule has 0 N–H and O–H groups in total. The molecule has 0 amide bonds. The molecule has 0 saturated carbocycles. The van der Waals surface area contributed by atoms with Crippen molar-refractivity contribution in [2.45, 2.75) is 32.1 Å². The lowest BCUT2D eigenvalue weighted by atomic mass is 10.1. The molecule has 0 aliphatic carbocycles. The summed E-state index contributed by atoms with van der Waals surface area (Å²) in [7, 11) is 0. The van der Waals surface area contributed by atoms with Crippen molar-refractivity contribution in [3.8, 4) is 11.3 Å². The third-order valence-electron chi connectivity index (χ3n) is 4.88. The van der Waals surface area contributed by atoms with E-state index in [0.717, 1.165) is 25.9 Å². The summed E-state index contributed by atoms with van der Waals surface area (Å²) < 4.78 is 25.2. The van der Waals surface area contributed by atoms with E-state index >= 15 is 0 Å². The molecular weight excluding hydrogens is 343 g/mol. The van der Waals surface area contributed by atoms with Crippen LogP contribution in [0.3, 0.4) is 0 Å². The Morgan fingerprint density at radius 3 is 2.67 bits per heavy atom. The van der Waals surface area contributed by atoms with Crippen LogP contribution in [0.1, 0.15) is 24.3 Å². The van der Waals surface area contributed by atoms with Crippen LogP contribution >= 0.6 is 0 Å². The standard InChI is InChI=1S/C22H23FN2O2/c23-19-8-4-7-18(13-19)21-14-24-22(27-21)15-25-11-9-20(10-12-25)26-16-17-5-2-1-3-6-17/h1-8,13-14,20H,9-12,15-16H2. The second-order valence-electron chi connectivity index (χ2n) is 6.90. The van der Waals surface area contributed by atoms with E-state index in [2.05, 4.69) is 22.0 Å². The number of halogens is 1. The van der Waals surface area contributed by atoms with Gasteiger partial charge in [-0.2, -0.15) is 0 Å². The van der Waals surface area contributed by atoms with Crippen molar-refractivity contribution in [1.29, 1.82) is 0 Å². The second kappa shape index (κ2) is 8.46. The zero-order valence-corrected chi connectivity index (χ0v) is 15.2. The van der Waals surface area contributed by atoms with Gasteiger partial charge in [0.15, 0.2) is 5.76 Å². The van der Waals surface area contributed by atoms with E-state index in [0.29, 0.717) is 36.5 Å². The zero-order chi connectivity index (χ0) is 18.5. The molecule has 5 heteroatoms. The fourth-order valence-electron chi connectivity index (χ4n) is 3.37. The Morgan fingerprint density at radius 1 is 1.07 bits per heavy atom. The van der Waals surface area contributed by atoms with Gasteiger partial charge in [-0.3, -0.25) is 4.90 Å². The van der Waals surface area contributed by atoms with E-state index in [1.807, 2.05) is 24.3 Å². The molecule has 0 unspecified atom stereocenters. The van der Waals surface area contributed by atoms with Crippen molar-refractivity contribution in [3.05, 3.63) is 78.1 Å². The lowest BCUT2D eigenvalue weighted by Crippen LogP contribution is -2.36. The van der Waals surface area contributed by atoms with Gasteiger partial charge in [-0.15, -0.1) is 0 Å². The minimum atomic E-state index is -0.275. The summed E-state index contributed by atoms with van der Waals surface area (Å²) in [4.78, 5) is 6.67. The van der Waals surface area contributed by atoms with Gasteiger partial charge in [0.2, 0.25) is 5.89 Å². The SMILES string of the molecule is Fc1cccc(-c2cnc(CN3CCC(OCc4ccccc4)CC3)o2)c1. The first-order valence-corrected chi connectivity index (χ1v) is 9.35. The van der Waals surface area contributed by atoms with Crippen molar-refractivity contribution in [2.24, 2.45) is 0 Å². The highest BCUT2D eigenvalue weighted by atomic mass is 19.1. The molecule has 1 aliphatic heterocycles. The van der Waals surface area contributed by atoms with Crippen LogP contribution in [0.25, 0.3) is 11.3 Å². The molecular formula is C22H23FN2O2. The van der Waals surface area contributed by atoms with Gasteiger partial charge in [-0.05, 0) is 30.5 Å². The summed E-state index contributed by atoms with van der Waals surface area (Å²) in [6.07, 6.45) is 3.97. The van der Waals surface area contributed by atoms with Gasteiger partial charge in [-0.25, -0.2) is 9.37 Å². The van der Waals surface area contributed by atoms with Gasteiger partial charge >= 0.3 is 0 Å². The molecule has 1 fully saturated rings. The third kappa shape index (κ3) is 4.81. The van der Waals surface area contributed by atoms with E-state index < -0.39 is 0 Å². The summed E-state index contributed by atoms with van der Waals surface area (Å²) in [6.45, 7) is 3.25. The number of likely N-dealkylation sites (tertiary alicyclic amines) is 1. The summed E-state index contributed by atoms with van der Waals surface area (Å²) in [5.74, 6) is 0.992. The molecule has 2 heterocycles. The Labute approximate surface area is 158 Å². The molecule has 3 aromatic rings. The summed E-state index contributed by atoms with van der Waals surface area (Å²) in [5.41, 5.74) is 1.92. The highest BCUT2D eigenvalue weighted by molar-refractivity contribution is 5.56. The van der Waals surface area contributed by atoms with Crippen molar-refractivity contribution in [1.82, 2.24) is 9.88 Å². The Morgan fingerprint density at radius 2 is 1.89 bits per heavy atom. The Bertz CT molecular complexity index is 858. The maximum Gasteiger partial charge on any atom is 0.209 e. The van der Waals surface area contributed by atoms with Gasteiger partial charge in [-0.1, -0.05) is 42.5 Å². The van der Waals surface area contributed by atoms with Crippen LogP contribution in [-0.2, 0) is 17.9 Å². The predicted octanol–water partition coefficient (Wildman–Crippen LogP) is 4.66. The van der Waals surface area contributed by atoms with Crippen LogP contribution < -0.4 is 0 Å². The quantitative estimate of drug-likeness (QED) is 0.636. The van der Waals surface area contributed by atoms with Crippen LogP contribution in [-0.4, -0.2) is 29.1 Å². The lowest BCUT2D eigenvalue weighted by Gasteiger charge is -2.31. The number of hydrogen-bond donors (Lipinski definition) is 0. The molecule has 140 valence electrons. The monoisotopic (exact) mass is 366 g/mol. The Kier molecular flexibility index (Phi) is 5.61. The molecule has 4 rings (SSSR count). The minimum Gasteiger partial charge on any atom is -0.439 e.